The minimum atomic E-state index is -0.112. The van der Waals surface area contributed by atoms with E-state index in [-0.39, 0.29) is 16.3 Å². The van der Waals surface area contributed by atoms with Gasteiger partial charge in [0.15, 0.2) is 4.96 Å². The van der Waals surface area contributed by atoms with Gasteiger partial charge in [-0.15, -0.1) is 0 Å². The summed E-state index contributed by atoms with van der Waals surface area (Å²) in [5, 5.41) is 9.91. The summed E-state index contributed by atoms with van der Waals surface area (Å²) in [6.45, 7) is 0. The molecule has 7 heteroatoms. The number of phenolic OH excluding ortho intramolecular Hbond substituents is 1. The number of aromatic hydroxyl groups is 1. The van der Waals surface area contributed by atoms with E-state index in [2.05, 4.69) is 20.9 Å². The summed E-state index contributed by atoms with van der Waals surface area (Å²) < 4.78 is 2.66. The first-order valence-corrected chi connectivity index (χ1v) is 8.63. The molecule has 0 bridgehead atoms. The Bertz CT molecular complexity index is 1160. The number of imidazole rings is 1. The average molecular weight is 408 g/mol. The molecule has 0 unspecified atom stereocenters. The van der Waals surface area contributed by atoms with E-state index in [0.717, 1.165) is 16.6 Å². The van der Waals surface area contributed by atoms with Gasteiger partial charge in [-0.3, -0.25) is 4.79 Å². The van der Waals surface area contributed by atoms with Crippen LogP contribution in [0.2, 0.25) is 5.02 Å². The highest BCUT2D eigenvalue weighted by Gasteiger charge is 2.11. The highest BCUT2D eigenvalue weighted by atomic mass is 79.9. The number of phenols is 1. The van der Waals surface area contributed by atoms with Crippen LogP contribution in [0.4, 0.5) is 0 Å². The van der Waals surface area contributed by atoms with Gasteiger partial charge in [0.25, 0.3) is 5.56 Å². The van der Waals surface area contributed by atoms with Crippen molar-refractivity contribution in [3.8, 4) is 5.75 Å². The van der Waals surface area contributed by atoms with Gasteiger partial charge in [0.05, 0.1) is 25.1 Å². The van der Waals surface area contributed by atoms with Crippen molar-refractivity contribution in [3.63, 3.8) is 0 Å². The number of rotatable bonds is 1. The van der Waals surface area contributed by atoms with Gasteiger partial charge in [-0.1, -0.05) is 35.1 Å². The number of fused-ring (bicyclic) bond motifs is 3. The molecule has 4 aromatic rings. The zero-order chi connectivity index (χ0) is 16.1. The minimum Gasteiger partial charge on any atom is -0.505 e. The Balaban J connectivity index is 1.99. The Morgan fingerprint density at radius 3 is 2.87 bits per heavy atom. The summed E-state index contributed by atoms with van der Waals surface area (Å²) in [5.41, 5.74) is 2.22. The number of para-hydroxylation sites is 2. The van der Waals surface area contributed by atoms with Crippen molar-refractivity contribution in [2.24, 2.45) is 0 Å². The van der Waals surface area contributed by atoms with Crippen LogP contribution in [0, 0.1) is 0 Å². The first-order valence-electron chi connectivity index (χ1n) is 6.64. The van der Waals surface area contributed by atoms with Crippen molar-refractivity contribution in [1.29, 1.82) is 0 Å². The largest absolute Gasteiger partial charge is 0.505 e. The predicted octanol–water partition coefficient (Wildman–Crippen LogP) is 3.58. The Hall–Kier alpha value is -1.89. The van der Waals surface area contributed by atoms with Gasteiger partial charge in [-0.25, -0.2) is 9.38 Å². The number of aromatic nitrogens is 2. The lowest BCUT2D eigenvalue weighted by atomic mass is 10.2. The molecule has 0 fully saturated rings. The molecule has 23 heavy (non-hydrogen) atoms. The fraction of sp³-hybridized carbons (Fsp3) is 0. The zero-order valence-electron chi connectivity index (χ0n) is 11.5. The van der Waals surface area contributed by atoms with Crippen LogP contribution < -0.4 is 10.1 Å². The van der Waals surface area contributed by atoms with E-state index in [0.29, 0.717) is 14.0 Å². The van der Waals surface area contributed by atoms with Gasteiger partial charge in [0.2, 0.25) is 0 Å². The Morgan fingerprint density at radius 1 is 1.30 bits per heavy atom. The lowest BCUT2D eigenvalue weighted by Gasteiger charge is -2.01. The van der Waals surface area contributed by atoms with Crippen LogP contribution >= 0.6 is 38.9 Å². The van der Waals surface area contributed by atoms with E-state index in [1.807, 2.05) is 24.3 Å². The smallest absolute Gasteiger partial charge is 0.274 e. The van der Waals surface area contributed by atoms with Gasteiger partial charge < -0.3 is 5.11 Å². The molecule has 2 heterocycles. The van der Waals surface area contributed by atoms with Crippen LogP contribution in [0.25, 0.3) is 22.1 Å². The highest BCUT2D eigenvalue weighted by Crippen LogP contribution is 2.33. The van der Waals surface area contributed by atoms with Crippen molar-refractivity contribution < 1.29 is 5.11 Å². The third kappa shape index (κ3) is 2.34. The van der Waals surface area contributed by atoms with Crippen LogP contribution in [-0.2, 0) is 0 Å². The van der Waals surface area contributed by atoms with Crippen molar-refractivity contribution in [1.82, 2.24) is 9.38 Å². The van der Waals surface area contributed by atoms with E-state index in [9.17, 15) is 9.90 Å². The molecule has 4 nitrogen and oxygen atoms in total. The molecule has 2 aromatic carbocycles. The molecular formula is C16H8BrClN2O2S. The van der Waals surface area contributed by atoms with Crippen molar-refractivity contribution >= 4 is 60.9 Å². The molecule has 0 radical (unpaired) electrons. The van der Waals surface area contributed by atoms with Crippen molar-refractivity contribution in [2.45, 2.75) is 0 Å². The normalized spacial score (nSPS) is 12.5. The highest BCUT2D eigenvalue weighted by molar-refractivity contribution is 9.10. The number of halogens is 2. The fourth-order valence-corrected chi connectivity index (χ4v) is 4.24. The van der Waals surface area contributed by atoms with E-state index in [1.165, 1.54) is 11.3 Å². The summed E-state index contributed by atoms with van der Waals surface area (Å²) in [6.07, 6.45) is 1.74. The van der Waals surface area contributed by atoms with Crippen LogP contribution in [0.5, 0.6) is 5.75 Å². The van der Waals surface area contributed by atoms with Crippen molar-refractivity contribution in [3.05, 3.63) is 66.3 Å². The summed E-state index contributed by atoms with van der Waals surface area (Å²) in [5.74, 6) is -0.0156. The molecule has 0 saturated heterocycles. The third-order valence-electron chi connectivity index (χ3n) is 3.48. The van der Waals surface area contributed by atoms with E-state index < -0.39 is 0 Å². The maximum Gasteiger partial charge on any atom is 0.274 e. The van der Waals surface area contributed by atoms with E-state index in [1.54, 1.807) is 22.6 Å². The second-order valence-electron chi connectivity index (χ2n) is 4.97. The molecule has 4 rings (SSSR count). The quantitative estimate of drug-likeness (QED) is 0.525. The average Bonchev–Trinajstić information content (AvgIpc) is 3.02. The number of benzene rings is 2. The van der Waals surface area contributed by atoms with Gasteiger partial charge >= 0.3 is 0 Å². The molecule has 0 spiro atoms. The first-order chi connectivity index (χ1) is 11.0. The number of nitrogens with zero attached hydrogens (tertiary/aromatic N) is 2. The Kier molecular flexibility index (Phi) is 3.41. The molecule has 0 atom stereocenters. The van der Waals surface area contributed by atoms with Gasteiger partial charge in [-0.05, 0) is 51.8 Å². The SMILES string of the molecule is O=c1/c(=C/c2cc(Cl)c(O)c(Br)c2)sc2nc3ccccc3n12. The molecule has 2 aromatic heterocycles. The third-order valence-corrected chi connectivity index (χ3v) is 5.34. The van der Waals surface area contributed by atoms with E-state index >= 15 is 0 Å². The topological polar surface area (TPSA) is 54.6 Å². The molecule has 0 aliphatic carbocycles. The number of thiazole rings is 1. The summed E-state index contributed by atoms with van der Waals surface area (Å²) in [4.78, 5) is 17.8. The maximum atomic E-state index is 12.7. The van der Waals surface area contributed by atoms with Crippen LogP contribution in [0.15, 0.2) is 45.7 Å². The van der Waals surface area contributed by atoms with Crippen LogP contribution in [0.1, 0.15) is 5.56 Å². The van der Waals surface area contributed by atoms with Gasteiger partial charge in [0, 0.05) is 0 Å². The van der Waals surface area contributed by atoms with Gasteiger partial charge in [0.1, 0.15) is 5.75 Å². The minimum absolute atomic E-state index is 0.0156. The maximum absolute atomic E-state index is 12.7. The van der Waals surface area contributed by atoms with Gasteiger partial charge in [-0.2, -0.15) is 0 Å². The number of hydrogen-bond acceptors (Lipinski definition) is 4. The Labute approximate surface area is 147 Å². The fourth-order valence-electron chi connectivity index (χ4n) is 2.43. The monoisotopic (exact) mass is 406 g/mol. The molecular weight excluding hydrogens is 400 g/mol. The molecule has 0 amide bonds. The Morgan fingerprint density at radius 2 is 2.09 bits per heavy atom. The molecule has 0 aliphatic rings. The summed E-state index contributed by atoms with van der Waals surface area (Å²) >= 11 is 10.5. The summed E-state index contributed by atoms with van der Waals surface area (Å²) in [7, 11) is 0. The lowest BCUT2D eigenvalue weighted by Crippen LogP contribution is -2.22. The lowest BCUT2D eigenvalue weighted by molar-refractivity contribution is 0.472. The standard InChI is InChI=1S/C16H8BrClN2O2S/c17-9-5-8(6-10(18)14(9)21)7-13-15(22)20-12-4-2-1-3-11(12)19-16(20)23-13/h1-7,21H/b13-7-. The van der Waals surface area contributed by atoms with E-state index in [4.69, 9.17) is 11.6 Å². The second-order valence-corrected chi connectivity index (χ2v) is 7.24. The van der Waals surface area contributed by atoms with Crippen LogP contribution in [-0.4, -0.2) is 14.5 Å². The first kappa shape index (κ1) is 14.7. The second kappa shape index (κ2) is 5.33. The van der Waals surface area contributed by atoms with Crippen molar-refractivity contribution in [2.75, 3.05) is 0 Å². The molecule has 1 N–H and O–H groups in total. The molecule has 114 valence electrons. The molecule has 0 saturated carbocycles. The number of hydrogen-bond donors (Lipinski definition) is 1. The summed E-state index contributed by atoms with van der Waals surface area (Å²) in [6, 6.07) is 10.9. The van der Waals surface area contributed by atoms with Crippen LogP contribution in [0.3, 0.4) is 0 Å². The molecule has 0 aliphatic heterocycles. The predicted molar refractivity (Wildman–Crippen MR) is 96.4 cm³/mol. The zero-order valence-corrected chi connectivity index (χ0v) is 14.6.